The minimum atomic E-state index is -3.69. The number of hydrogen-bond acceptors (Lipinski definition) is 5. The van der Waals surface area contributed by atoms with Crippen LogP contribution in [0, 0.1) is 0 Å². The summed E-state index contributed by atoms with van der Waals surface area (Å²) in [6, 6.07) is 21.6. The molecule has 0 unspecified atom stereocenters. The maximum Gasteiger partial charge on any atom is 0.285 e. The van der Waals surface area contributed by atoms with Crippen molar-refractivity contribution in [2.45, 2.75) is 31.7 Å². The number of carbonyl (C=O) groups is 1. The van der Waals surface area contributed by atoms with Crippen LogP contribution in [0.4, 0.5) is 17.1 Å². The Balaban J connectivity index is 1.43. The number of anilines is 3. The van der Waals surface area contributed by atoms with Crippen LogP contribution in [-0.2, 0) is 10.0 Å². The monoisotopic (exact) mass is 462 g/mol. The highest BCUT2D eigenvalue weighted by Gasteiger charge is 2.28. The van der Waals surface area contributed by atoms with Gasteiger partial charge in [0.1, 0.15) is 4.90 Å². The first-order valence-electron chi connectivity index (χ1n) is 10.8. The van der Waals surface area contributed by atoms with E-state index in [1.807, 2.05) is 24.3 Å². The zero-order valence-corrected chi connectivity index (χ0v) is 19.6. The number of nitrogens with one attached hydrogen (secondary N) is 2. The molecule has 0 aliphatic carbocycles. The van der Waals surface area contributed by atoms with Crippen LogP contribution in [0.25, 0.3) is 0 Å². The number of sulfonamides is 1. The van der Waals surface area contributed by atoms with Gasteiger partial charge in [0.25, 0.3) is 15.9 Å². The molecule has 1 aliphatic heterocycles. The predicted octanol–water partition coefficient (Wildman–Crippen LogP) is 4.73. The Bertz CT molecular complexity index is 1300. The van der Waals surface area contributed by atoms with Crippen molar-refractivity contribution in [1.29, 1.82) is 0 Å². The van der Waals surface area contributed by atoms with E-state index < -0.39 is 10.0 Å². The van der Waals surface area contributed by atoms with E-state index in [0.717, 1.165) is 12.2 Å². The van der Waals surface area contributed by atoms with Gasteiger partial charge >= 0.3 is 0 Å². The fraction of sp³-hybridized carbons (Fsp3) is 0.200. The van der Waals surface area contributed by atoms with Crippen LogP contribution >= 0.6 is 0 Å². The lowest BCUT2D eigenvalue weighted by molar-refractivity contribution is 0.102. The Morgan fingerprint density at radius 2 is 1.58 bits per heavy atom. The van der Waals surface area contributed by atoms with Crippen LogP contribution in [0.15, 0.2) is 82.1 Å². The second-order valence-corrected chi connectivity index (χ2v) is 9.57. The second kappa shape index (κ2) is 9.07. The lowest BCUT2D eigenvalue weighted by atomic mass is 10.1. The third-order valence-electron chi connectivity index (χ3n) is 5.46. The molecule has 3 aromatic carbocycles. The first-order chi connectivity index (χ1) is 15.8. The van der Waals surface area contributed by atoms with E-state index in [1.54, 1.807) is 42.5 Å². The smallest absolute Gasteiger partial charge is 0.285 e. The van der Waals surface area contributed by atoms with Crippen LogP contribution in [0.2, 0.25) is 0 Å². The third kappa shape index (κ3) is 4.75. The molecule has 33 heavy (non-hydrogen) atoms. The molecule has 3 aromatic rings. The van der Waals surface area contributed by atoms with Crippen molar-refractivity contribution in [3.63, 3.8) is 0 Å². The number of amidine groups is 1. The maximum atomic E-state index is 12.7. The normalized spacial score (nSPS) is 13.9. The van der Waals surface area contributed by atoms with Crippen molar-refractivity contribution in [2.75, 3.05) is 22.1 Å². The minimum Gasteiger partial charge on any atom is -0.369 e. The summed E-state index contributed by atoms with van der Waals surface area (Å²) in [6.07, 6.45) is 0. The first kappa shape index (κ1) is 22.5. The van der Waals surface area contributed by atoms with Crippen molar-refractivity contribution in [2.24, 2.45) is 4.40 Å². The molecular weight excluding hydrogens is 436 g/mol. The topological polar surface area (TPSA) is 90.9 Å². The Morgan fingerprint density at radius 3 is 2.21 bits per heavy atom. The highest BCUT2D eigenvalue weighted by atomic mass is 32.2. The number of carbonyl (C=O) groups excluding carboxylic acids is 1. The fourth-order valence-electron chi connectivity index (χ4n) is 3.82. The zero-order chi connectivity index (χ0) is 23.6. The van der Waals surface area contributed by atoms with E-state index in [1.165, 1.54) is 6.07 Å². The summed E-state index contributed by atoms with van der Waals surface area (Å²) >= 11 is 0. The lowest BCUT2D eigenvalue weighted by Gasteiger charge is -2.27. The average molecular weight is 463 g/mol. The zero-order valence-electron chi connectivity index (χ0n) is 18.7. The Labute approximate surface area is 194 Å². The van der Waals surface area contributed by atoms with E-state index in [2.05, 4.69) is 40.7 Å². The summed E-state index contributed by atoms with van der Waals surface area (Å²) in [5, 5.41) is 5.94. The van der Waals surface area contributed by atoms with E-state index in [4.69, 9.17) is 0 Å². The first-order valence-corrected chi connectivity index (χ1v) is 12.2. The number of nitrogens with zero attached hydrogens (tertiary/aromatic N) is 2. The summed E-state index contributed by atoms with van der Waals surface area (Å²) in [5.74, 6) is 0.0436. The molecule has 1 heterocycles. The largest absolute Gasteiger partial charge is 0.369 e. The van der Waals surface area contributed by atoms with Crippen LogP contribution in [0.5, 0.6) is 0 Å². The van der Waals surface area contributed by atoms with Gasteiger partial charge in [-0.15, -0.1) is 4.40 Å². The number of hydrogen-bond donors (Lipinski definition) is 2. The molecule has 0 saturated carbocycles. The molecule has 7 nitrogen and oxygen atoms in total. The molecule has 0 aromatic heterocycles. The van der Waals surface area contributed by atoms with Gasteiger partial charge < -0.3 is 15.5 Å². The molecule has 4 rings (SSSR count). The van der Waals surface area contributed by atoms with E-state index in [0.29, 0.717) is 28.5 Å². The maximum absolute atomic E-state index is 12.7. The van der Waals surface area contributed by atoms with Crippen molar-refractivity contribution in [1.82, 2.24) is 0 Å². The van der Waals surface area contributed by atoms with Gasteiger partial charge in [0.15, 0.2) is 5.84 Å². The molecular formula is C25H26N4O3S. The third-order valence-corrected chi connectivity index (χ3v) is 6.80. The van der Waals surface area contributed by atoms with E-state index >= 15 is 0 Å². The van der Waals surface area contributed by atoms with Crippen molar-refractivity contribution in [3.05, 3.63) is 83.9 Å². The molecule has 0 spiro atoms. The minimum absolute atomic E-state index is 0.185. The van der Waals surface area contributed by atoms with Crippen molar-refractivity contribution >= 4 is 38.8 Å². The number of benzene rings is 3. The average Bonchev–Trinajstić information content (AvgIpc) is 3.05. The van der Waals surface area contributed by atoms with Crippen LogP contribution in [0.1, 0.15) is 36.7 Å². The highest BCUT2D eigenvalue weighted by Crippen LogP contribution is 2.27. The van der Waals surface area contributed by atoms with Gasteiger partial charge in [0.2, 0.25) is 0 Å². The molecule has 0 bridgehead atoms. The van der Waals surface area contributed by atoms with Gasteiger partial charge in [-0.2, -0.15) is 8.42 Å². The van der Waals surface area contributed by atoms with Gasteiger partial charge in [0.05, 0.1) is 0 Å². The van der Waals surface area contributed by atoms with Crippen molar-refractivity contribution in [3.8, 4) is 0 Å². The standard InChI is InChI=1S/C25H26N4O3S/c1-4-29(17(2)3)21-15-13-20(14-16-21)27-25(30)18-9-11-19(12-10-18)26-24-22-7-5-6-8-23(22)33(31,32)28-24/h5-17H,4H2,1-3H3,(H,26,28)(H,27,30). The molecule has 2 N–H and O–H groups in total. The van der Waals surface area contributed by atoms with Gasteiger partial charge in [-0.05, 0) is 81.4 Å². The number of amides is 1. The van der Waals surface area contributed by atoms with Crippen molar-refractivity contribution < 1.29 is 13.2 Å². The lowest BCUT2D eigenvalue weighted by Crippen LogP contribution is -2.30. The summed E-state index contributed by atoms with van der Waals surface area (Å²) in [5.41, 5.74) is 3.48. The predicted molar refractivity (Wildman–Crippen MR) is 133 cm³/mol. The van der Waals surface area contributed by atoms with Gasteiger partial charge in [-0.3, -0.25) is 4.79 Å². The molecule has 1 aliphatic rings. The van der Waals surface area contributed by atoms with Crippen LogP contribution < -0.4 is 15.5 Å². The van der Waals surface area contributed by atoms with E-state index in [9.17, 15) is 13.2 Å². The molecule has 0 radical (unpaired) electrons. The molecule has 0 saturated heterocycles. The SMILES string of the molecule is CCN(c1ccc(NC(=O)c2ccc(NC3=NS(=O)(=O)c4ccccc43)cc2)cc1)C(C)C. The van der Waals surface area contributed by atoms with Gasteiger partial charge in [-0.1, -0.05) is 12.1 Å². The quantitative estimate of drug-likeness (QED) is 0.552. The molecule has 0 fully saturated rings. The molecule has 0 atom stereocenters. The van der Waals surface area contributed by atoms with Crippen LogP contribution in [0.3, 0.4) is 0 Å². The Hall–Kier alpha value is -3.65. The number of rotatable bonds is 6. The van der Waals surface area contributed by atoms with E-state index in [-0.39, 0.29) is 16.6 Å². The van der Waals surface area contributed by atoms with Gasteiger partial charge in [0, 0.05) is 40.8 Å². The molecule has 8 heteroatoms. The number of fused-ring (bicyclic) bond motifs is 1. The summed E-state index contributed by atoms with van der Waals surface area (Å²) in [4.78, 5) is 15.1. The fourth-order valence-corrected chi connectivity index (χ4v) is 5.00. The summed E-state index contributed by atoms with van der Waals surface area (Å²) < 4.78 is 28.2. The van der Waals surface area contributed by atoms with Crippen LogP contribution in [-0.4, -0.2) is 32.7 Å². The summed E-state index contributed by atoms with van der Waals surface area (Å²) in [6.45, 7) is 7.32. The Morgan fingerprint density at radius 1 is 0.939 bits per heavy atom. The molecule has 170 valence electrons. The molecule has 1 amide bonds. The Kier molecular flexibility index (Phi) is 6.20. The summed E-state index contributed by atoms with van der Waals surface area (Å²) in [7, 11) is -3.69. The second-order valence-electron chi connectivity index (χ2n) is 7.99. The highest BCUT2D eigenvalue weighted by molar-refractivity contribution is 7.90. The van der Waals surface area contributed by atoms with Gasteiger partial charge in [-0.25, -0.2) is 0 Å².